The number of nitrogens with zero attached hydrogens (tertiary/aromatic N) is 2. The van der Waals surface area contributed by atoms with Gasteiger partial charge in [-0.1, -0.05) is 54.1 Å². The Kier molecular flexibility index (Phi) is 4.93. The van der Waals surface area contributed by atoms with Crippen LogP contribution in [0.3, 0.4) is 0 Å². The summed E-state index contributed by atoms with van der Waals surface area (Å²) in [4.78, 5) is 27.0. The molecule has 7 nitrogen and oxygen atoms in total. The highest BCUT2D eigenvalue weighted by molar-refractivity contribution is 6.01. The topological polar surface area (TPSA) is 99.5 Å². The van der Waals surface area contributed by atoms with E-state index in [4.69, 9.17) is 0 Å². The third-order valence-electron chi connectivity index (χ3n) is 4.87. The second kappa shape index (κ2) is 7.71. The zero-order valence-electron chi connectivity index (χ0n) is 16.5. The van der Waals surface area contributed by atoms with Gasteiger partial charge < -0.3 is 5.11 Å². The van der Waals surface area contributed by atoms with Gasteiger partial charge in [0.15, 0.2) is 0 Å². The van der Waals surface area contributed by atoms with Crippen molar-refractivity contribution in [2.24, 2.45) is 5.10 Å². The Balaban J connectivity index is 1.78. The van der Waals surface area contributed by atoms with Gasteiger partial charge in [-0.2, -0.15) is 5.10 Å². The van der Waals surface area contributed by atoms with Crippen molar-refractivity contribution in [2.75, 3.05) is 5.43 Å². The molecule has 1 heterocycles. The Morgan fingerprint density at radius 1 is 1.00 bits per heavy atom. The fourth-order valence-corrected chi connectivity index (χ4v) is 3.31. The maximum atomic E-state index is 12.4. The number of hydrogen-bond acceptors (Lipinski definition) is 5. The molecule has 30 heavy (non-hydrogen) atoms. The van der Waals surface area contributed by atoms with Crippen molar-refractivity contribution in [3.8, 4) is 11.6 Å². The van der Waals surface area contributed by atoms with E-state index in [0.717, 1.165) is 26.6 Å². The minimum Gasteiger partial charge on any atom is -0.493 e. The molecule has 0 atom stereocenters. The Hall–Kier alpha value is -4.13. The molecular formula is C23H20N4O3. The molecule has 0 aliphatic heterocycles. The number of hydrogen-bond donors (Lipinski definition) is 3. The largest absolute Gasteiger partial charge is 0.493 e. The van der Waals surface area contributed by atoms with Crippen LogP contribution < -0.4 is 16.7 Å². The average molecular weight is 400 g/mol. The van der Waals surface area contributed by atoms with Gasteiger partial charge in [0.25, 0.3) is 5.56 Å². The van der Waals surface area contributed by atoms with Gasteiger partial charge in [-0.25, -0.2) is 9.36 Å². The lowest BCUT2D eigenvalue weighted by molar-refractivity contribution is 0.429. The molecule has 0 bridgehead atoms. The molecule has 0 aliphatic carbocycles. The highest BCUT2D eigenvalue weighted by Gasteiger charge is 2.18. The van der Waals surface area contributed by atoms with Crippen LogP contribution in [0.5, 0.6) is 5.88 Å². The molecule has 150 valence electrons. The Morgan fingerprint density at radius 3 is 2.47 bits per heavy atom. The fourth-order valence-electron chi connectivity index (χ4n) is 3.31. The molecule has 4 rings (SSSR count). The number of aromatic amines is 1. The van der Waals surface area contributed by atoms with Crippen LogP contribution in [0.4, 0.5) is 5.69 Å². The van der Waals surface area contributed by atoms with Gasteiger partial charge in [-0.3, -0.25) is 15.2 Å². The number of hydrazone groups is 1. The third-order valence-corrected chi connectivity index (χ3v) is 4.87. The number of benzene rings is 3. The van der Waals surface area contributed by atoms with E-state index < -0.39 is 17.1 Å². The quantitative estimate of drug-likeness (QED) is 0.360. The summed E-state index contributed by atoms with van der Waals surface area (Å²) < 4.78 is 1.05. The van der Waals surface area contributed by atoms with Crippen molar-refractivity contribution in [1.29, 1.82) is 0 Å². The van der Waals surface area contributed by atoms with Crippen LogP contribution >= 0.6 is 0 Å². The normalized spacial score (nSPS) is 11.6. The van der Waals surface area contributed by atoms with E-state index in [9.17, 15) is 14.7 Å². The van der Waals surface area contributed by atoms with Crippen LogP contribution in [0.15, 0.2) is 81.4 Å². The van der Waals surface area contributed by atoms with Gasteiger partial charge in [0, 0.05) is 5.39 Å². The van der Waals surface area contributed by atoms with E-state index in [1.807, 2.05) is 61.5 Å². The summed E-state index contributed by atoms with van der Waals surface area (Å²) >= 11 is 0. The predicted molar refractivity (Wildman–Crippen MR) is 119 cm³/mol. The number of anilines is 1. The van der Waals surface area contributed by atoms with Crippen molar-refractivity contribution in [1.82, 2.24) is 9.55 Å². The van der Waals surface area contributed by atoms with Gasteiger partial charge in [0.05, 0.1) is 17.1 Å². The number of aromatic nitrogens is 2. The Bertz CT molecular complexity index is 1380. The second-order valence-electron chi connectivity index (χ2n) is 6.96. The fraction of sp³-hybridized carbons (Fsp3) is 0.0870. The standard InChI is InChI=1S/C23H20N4O3/c1-14-10-12-17(13-11-14)27-22(29)20(21(28)24-23(27)30)15(2)25-26-19-9-5-7-16-6-3-4-8-18(16)19/h3-13,26,29H,1-2H3,(H,24,28,30). The second-order valence-corrected chi connectivity index (χ2v) is 6.96. The highest BCUT2D eigenvalue weighted by atomic mass is 16.3. The van der Waals surface area contributed by atoms with E-state index in [-0.39, 0.29) is 11.3 Å². The Morgan fingerprint density at radius 2 is 1.70 bits per heavy atom. The van der Waals surface area contributed by atoms with E-state index in [0.29, 0.717) is 5.69 Å². The Labute approximate surface area is 172 Å². The molecule has 3 N–H and O–H groups in total. The van der Waals surface area contributed by atoms with Crippen LogP contribution in [0, 0.1) is 6.92 Å². The molecule has 0 saturated heterocycles. The summed E-state index contributed by atoms with van der Waals surface area (Å²) in [6, 6.07) is 20.6. The molecule has 3 aromatic carbocycles. The van der Waals surface area contributed by atoms with Crippen molar-refractivity contribution in [2.45, 2.75) is 13.8 Å². The first-order valence-corrected chi connectivity index (χ1v) is 9.39. The first kappa shape index (κ1) is 19.2. The molecular weight excluding hydrogens is 380 g/mol. The summed E-state index contributed by atoms with van der Waals surface area (Å²) in [5.41, 5.74) is 3.89. The summed E-state index contributed by atoms with van der Waals surface area (Å²) in [5.74, 6) is -0.464. The molecule has 0 spiro atoms. The molecule has 7 heteroatoms. The molecule has 0 aliphatic rings. The number of rotatable bonds is 4. The lowest BCUT2D eigenvalue weighted by atomic mass is 10.1. The van der Waals surface area contributed by atoms with Crippen molar-refractivity contribution < 1.29 is 5.11 Å². The molecule has 0 amide bonds. The molecule has 0 saturated carbocycles. The van der Waals surface area contributed by atoms with Gasteiger partial charge >= 0.3 is 5.69 Å². The lowest BCUT2D eigenvalue weighted by Gasteiger charge is -2.12. The maximum absolute atomic E-state index is 12.4. The summed E-state index contributed by atoms with van der Waals surface area (Å²) in [6.45, 7) is 3.51. The van der Waals surface area contributed by atoms with E-state index in [1.165, 1.54) is 0 Å². The van der Waals surface area contributed by atoms with Crippen molar-refractivity contribution in [3.63, 3.8) is 0 Å². The van der Waals surface area contributed by atoms with Crippen LogP contribution in [0.1, 0.15) is 18.1 Å². The smallest absolute Gasteiger partial charge is 0.335 e. The van der Waals surface area contributed by atoms with E-state index in [1.54, 1.807) is 19.1 Å². The molecule has 1 aromatic heterocycles. The minimum absolute atomic E-state index is 0.0806. The van der Waals surface area contributed by atoms with Crippen molar-refractivity contribution >= 4 is 22.2 Å². The van der Waals surface area contributed by atoms with E-state index in [2.05, 4.69) is 15.5 Å². The third kappa shape index (κ3) is 3.48. The van der Waals surface area contributed by atoms with Gasteiger partial charge in [-0.15, -0.1) is 0 Å². The van der Waals surface area contributed by atoms with Gasteiger partial charge in [0.2, 0.25) is 5.88 Å². The number of fused-ring (bicyclic) bond motifs is 1. The minimum atomic E-state index is -0.722. The summed E-state index contributed by atoms with van der Waals surface area (Å²) in [5, 5.41) is 17.1. The van der Waals surface area contributed by atoms with Crippen LogP contribution in [-0.2, 0) is 0 Å². The van der Waals surface area contributed by atoms with E-state index >= 15 is 0 Å². The highest BCUT2D eigenvalue weighted by Crippen LogP contribution is 2.23. The monoisotopic (exact) mass is 400 g/mol. The summed E-state index contributed by atoms with van der Waals surface area (Å²) in [7, 11) is 0. The first-order valence-electron chi connectivity index (χ1n) is 9.39. The van der Waals surface area contributed by atoms with Crippen LogP contribution in [0.2, 0.25) is 0 Å². The zero-order valence-corrected chi connectivity index (χ0v) is 16.5. The number of aromatic hydroxyl groups is 1. The number of H-pyrrole nitrogens is 1. The molecule has 0 unspecified atom stereocenters. The zero-order chi connectivity index (χ0) is 21.3. The lowest BCUT2D eigenvalue weighted by Crippen LogP contribution is -2.32. The maximum Gasteiger partial charge on any atom is 0.335 e. The number of nitrogens with one attached hydrogen (secondary N) is 2. The van der Waals surface area contributed by atoms with Crippen molar-refractivity contribution in [3.05, 3.63) is 98.7 Å². The van der Waals surface area contributed by atoms with Crippen LogP contribution in [-0.4, -0.2) is 20.4 Å². The first-order chi connectivity index (χ1) is 14.5. The van der Waals surface area contributed by atoms with Gasteiger partial charge in [-0.05, 0) is 37.4 Å². The average Bonchev–Trinajstić information content (AvgIpc) is 2.73. The van der Waals surface area contributed by atoms with Gasteiger partial charge in [0.1, 0.15) is 5.56 Å². The van der Waals surface area contributed by atoms with Crippen LogP contribution in [0.25, 0.3) is 16.5 Å². The summed E-state index contributed by atoms with van der Waals surface area (Å²) in [6.07, 6.45) is 0. The predicted octanol–water partition coefficient (Wildman–Crippen LogP) is 3.53. The molecule has 4 aromatic rings. The molecule has 0 fully saturated rings. The number of aryl methyl sites for hydroxylation is 1. The molecule has 0 radical (unpaired) electrons. The SMILES string of the molecule is CC(=NNc1cccc2ccccc12)c1c(O)n(-c2ccc(C)cc2)c(=O)[nH]c1=O.